The zero-order valence-corrected chi connectivity index (χ0v) is 10.8. The van der Waals surface area contributed by atoms with Gasteiger partial charge in [-0.1, -0.05) is 12.5 Å². The average Bonchev–Trinajstić information content (AvgIpc) is 2.36. The Morgan fingerprint density at radius 2 is 2.00 bits per heavy atom. The molecule has 0 unspecified atom stereocenters. The predicted octanol–water partition coefficient (Wildman–Crippen LogP) is 2.29. The predicted molar refractivity (Wildman–Crippen MR) is 71.4 cm³/mol. The number of benzene rings is 1. The molecule has 18 heavy (non-hydrogen) atoms. The number of carbonyl (C=O) groups excluding carboxylic acids is 1. The highest BCUT2D eigenvalue weighted by molar-refractivity contribution is 5.92. The molecule has 1 aromatic carbocycles. The number of esters is 1. The molecule has 0 heterocycles. The third-order valence-electron chi connectivity index (χ3n) is 2.77. The Balaban J connectivity index is 2.34. The lowest BCUT2D eigenvalue weighted by Gasteiger charge is -2.07. The Bertz CT molecular complexity index is 391. The second-order valence-corrected chi connectivity index (χ2v) is 4.35. The molecule has 0 radical (unpaired) electrons. The molecule has 4 nitrogen and oxygen atoms in total. The van der Waals surface area contributed by atoms with E-state index >= 15 is 0 Å². The van der Waals surface area contributed by atoms with Gasteiger partial charge in [0.2, 0.25) is 0 Å². The number of ether oxygens (including phenoxy) is 1. The normalized spacial score (nSPS) is 10.3. The van der Waals surface area contributed by atoms with E-state index in [1.807, 2.05) is 13.0 Å². The molecule has 0 aliphatic rings. The number of nitrogen functional groups attached to an aromatic ring is 1. The van der Waals surface area contributed by atoms with E-state index in [9.17, 15) is 4.79 Å². The summed E-state index contributed by atoms with van der Waals surface area (Å²) in [5.74, 6) is -0.318. The van der Waals surface area contributed by atoms with E-state index in [1.54, 1.807) is 12.1 Å². The van der Waals surface area contributed by atoms with Gasteiger partial charge in [-0.2, -0.15) is 0 Å². The lowest BCUT2D eigenvalue weighted by molar-refractivity contribution is 0.0496. The third kappa shape index (κ3) is 4.75. The number of hydrogen-bond acceptors (Lipinski definition) is 4. The summed E-state index contributed by atoms with van der Waals surface area (Å²) in [6.45, 7) is 2.50. The Morgan fingerprint density at radius 3 is 2.72 bits per heavy atom. The number of carbonyl (C=O) groups is 1. The van der Waals surface area contributed by atoms with Crippen LogP contribution in [0.2, 0.25) is 0 Å². The van der Waals surface area contributed by atoms with Gasteiger partial charge >= 0.3 is 5.97 Å². The van der Waals surface area contributed by atoms with Crippen molar-refractivity contribution in [2.24, 2.45) is 0 Å². The van der Waals surface area contributed by atoms with Crippen molar-refractivity contribution in [1.29, 1.82) is 0 Å². The van der Waals surface area contributed by atoms with Crippen molar-refractivity contribution in [1.82, 2.24) is 0 Å². The first-order chi connectivity index (χ1) is 8.65. The molecule has 0 aliphatic heterocycles. The summed E-state index contributed by atoms with van der Waals surface area (Å²) in [5, 5.41) is 8.62. The zero-order chi connectivity index (χ0) is 13.4. The van der Waals surface area contributed by atoms with E-state index in [0.29, 0.717) is 17.9 Å². The number of rotatable bonds is 7. The highest BCUT2D eigenvalue weighted by Crippen LogP contribution is 2.14. The van der Waals surface area contributed by atoms with E-state index in [4.69, 9.17) is 15.6 Å². The molecule has 0 amide bonds. The standard InChI is InChI=1S/C14H21NO3/c1-11-6-7-12(15)10-13(11)14(17)18-9-5-3-2-4-8-16/h6-7,10,16H,2-5,8-9,15H2,1H3. The van der Waals surface area contributed by atoms with Gasteiger partial charge in [-0.3, -0.25) is 0 Å². The van der Waals surface area contributed by atoms with Crippen LogP contribution in [0.25, 0.3) is 0 Å². The molecule has 0 aliphatic carbocycles. The molecule has 100 valence electrons. The van der Waals surface area contributed by atoms with Crippen LogP contribution in [0.15, 0.2) is 18.2 Å². The molecule has 3 N–H and O–H groups in total. The molecule has 1 rings (SSSR count). The van der Waals surface area contributed by atoms with E-state index < -0.39 is 0 Å². The Hall–Kier alpha value is -1.55. The van der Waals surface area contributed by atoms with Gasteiger partial charge in [0.15, 0.2) is 0 Å². The highest BCUT2D eigenvalue weighted by Gasteiger charge is 2.10. The number of nitrogens with two attached hydrogens (primary N) is 1. The van der Waals surface area contributed by atoms with Crippen LogP contribution in [0.5, 0.6) is 0 Å². The van der Waals surface area contributed by atoms with Crippen molar-refractivity contribution in [2.75, 3.05) is 18.9 Å². The molecule has 0 spiro atoms. The van der Waals surface area contributed by atoms with Gasteiger partial charge in [0.1, 0.15) is 0 Å². The first-order valence-electron chi connectivity index (χ1n) is 6.29. The SMILES string of the molecule is Cc1ccc(N)cc1C(=O)OCCCCCCO. The van der Waals surface area contributed by atoms with Crippen molar-refractivity contribution in [2.45, 2.75) is 32.6 Å². The van der Waals surface area contributed by atoms with Crippen molar-refractivity contribution < 1.29 is 14.6 Å². The fourth-order valence-corrected chi connectivity index (χ4v) is 1.67. The minimum atomic E-state index is -0.318. The number of anilines is 1. The summed E-state index contributed by atoms with van der Waals surface area (Å²) in [6, 6.07) is 5.22. The monoisotopic (exact) mass is 251 g/mol. The van der Waals surface area contributed by atoms with Crippen LogP contribution in [-0.2, 0) is 4.74 Å². The maximum atomic E-state index is 11.8. The summed E-state index contributed by atoms with van der Waals surface area (Å²) in [4.78, 5) is 11.8. The first-order valence-corrected chi connectivity index (χ1v) is 6.29. The van der Waals surface area contributed by atoms with Crippen LogP contribution in [0.3, 0.4) is 0 Å². The summed E-state index contributed by atoms with van der Waals surface area (Å²) < 4.78 is 5.19. The van der Waals surface area contributed by atoms with Crippen LogP contribution in [0.1, 0.15) is 41.6 Å². The minimum Gasteiger partial charge on any atom is -0.462 e. The van der Waals surface area contributed by atoms with Crippen molar-refractivity contribution in [3.63, 3.8) is 0 Å². The van der Waals surface area contributed by atoms with Crippen molar-refractivity contribution >= 4 is 11.7 Å². The first kappa shape index (κ1) is 14.5. The van der Waals surface area contributed by atoms with Crippen LogP contribution in [-0.4, -0.2) is 24.3 Å². The fraction of sp³-hybridized carbons (Fsp3) is 0.500. The number of aryl methyl sites for hydroxylation is 1. The summed E-state index contributed by atoms with van der Waals surface area (Å²) >= 11 is 0. The summed E-state index contributed by atoms with van der Waals surface area (Å²) in [6.07, 6.45) is 3.56. The van der Waals surface area contributed by atoms with E-state index in [2.05, 4.69) is 0 Å². The summed E-state index contributed by atoms with van der Waals surface area (Å²) in [5.41, 5.74) is 7.61. The lowest BCUT2D eigenvalue weighted by atomic mass is 10.1. The molecule has 0 aromatic heterocycles. The van der Waals surface area contributed by atoms with Crippen LogP contribution in [0, 0.1) is 6.92 Å². The topological polar surface area (TPSA) is 72.6 Å². The van der Waals surface area contributed by atoms with Gasteiger partial charge in [0.25, 0.3) is 0 Å². The average molecular weight is 251 g/mol. The van der Waals surface area contributed by atoms with Crippen LogP contribution in [0.4, 0.5) is 5.69 Å². The summed E-state index contributed by atoms with van der Waals surface area (Å²) in [7, 11) is 0. The molecular weight excluding hydrogens is 230 g/mol. The lowest BCUT2D eigenvalue weighted by Crippen LogP contribution is -2.08. The molecular formula is C14H21NO3. The molecule has 0 bridgehead atoms. The second kappa shape index (κ2) is 7.71. The fourth-order valence-electron chi connectivity index (χ4n) is 1.67. The van der Waals surface area contributed by atoms with Gasteiger partial charge in [-0.15, -0.1) is 0 Å². The molecule has 1 aromatic rings. The van der Waals surface area contributed by atoms with Crippen LogP contribution < -0.4 is 5.73 Å². The van der Waals surface area contributed by atoms with Gasteiger partial charge in [0.05, 0.1) is 12.2 Å². The van der Waals surface area contributed by atoms with E-state index in [0.717, 1.165) is 31.2 Å². The van der Waals surface area contributed by atoms with Crippen LogP contribution >= 0.6 is 0 Å². The molecule has 0 atom stereocenters. The Kier molecular flexibility index (Phi) is 6.22. The highest BCUT2D eigenvalue weighted by atomic mass is 16.5. The largest absolute Gasteiger partial charge is 0.462 e. The van der Waals surface area contributed by atoms with Crippen molar-refractivity contribution in [3.8, 4) is 0 Å². The maximum Gasteiger partial charge on any atom is 0.338 e. The minimum absolute atomic E-state index is 0.224. The Labute approximate surface area is 108 Å². The third-order valence-corrected chi connectivity index (χ3v) is 2.77. The van der Waals surface area contributed by atoms with Gasteiger partial charge in [-0.05, 0) is 43.9 Å². The molecule has 0 fully saturated rings. The molecule has 4 heteroatoms. The van der Waals surface area contributed by atoms with Gasteiger partial charge in [0, 0.05) is 12.3 Å². The van der Waals surface area contributed by atoms with Crippen molar-refractivity contribution in [3.05, 3.63) is 29.3 Å². The zero-order valence-electron chi connectivity index (χ0n) is 10.8. The second-order valence-electron chi connectivity index (χ2n) is 4.35. The number of aliphatic hydroxyl groups excluding tert-OH is 1. The molecule has 0 saturated carbocycles. The number of hydrogen-bond donors (Lipinski definition) is 2. The van der Waals surface area contributed by atoms with Gasteiger partial charge < -0.3 is 15.6 Å². The van der Waals surface area contributed by atoms with E-state index in [-0.39, 0.29) is 12.6 Å². The maximum absolute atomic E-state index is 11.8. The number of unbranched alkanes of at least 4 members (excludes halogenated alkanes) is 3. The number of aliphatic hydroxyl groups is 1. The molecule has 0 saturated heterocycles. The van der Waals surface area contributed by atoms with Gasteiger partial charge in [-0.25, -0.2) is 4.79 Å². The van der Waals surface area contributed by atoms with E-state index in [1.165, 1.54) is 0 Å². The Morgan fingerprint density at radius 1 is 1.28 bits per heavy atom. The smallest absolute Gasteiger partial charge is 0.338 e. The quantitative estimate of drug-likeness (QED) is 0.443.